The molecule has 0 saturated heterocycles. The second-order valence-electron chi connectivity index (χ2n) is 4.02. The van der Waals surface area contributed by atoms with E-state index < -0.39 is 0 Å². The fourth-order valence-corrected chi connectivity index (χ4v) is 1.78. The zero-order valence-corrected chi connectivity index (χ0v) is 10.9. The van der Waals surface area contributed by atoms with Gasteiger partial charge in [0, 0.05) is 18.2 Å². The molecule has 0 unspecified atom stereocenters. The molecule has 0 aliphatic carbocycles. The van der Waals surface area contributed by atoms with E-state index in [1.54, 1.807) is 0 Å². The average molecular weight is 244 g/mol. The molecule has 0 aliphatic heterocycles. The van der Waals surface area contributed by atoms with Crippen LogP contribution < -0.4 is 4.90 Å². The summed E-state index contributed by atoms with van der Waals surface area (Å²) in [7, 11) is 0. The minimum Gasteiger partial charge on any atom is -0.395 e. The van der Waals surface area contributed by atoms with Gasteiger partial charge in [-0.25, -0.2) is 9.97 Å². The van der Waals surface area contributed by atoms with Crippen LogP contribution in [0.5, 0.6) is 0 Å². The summed E-state index contributed by atoms with van der Waals surface area (Å²) in [6.07, 6.45) is 0. The van der Waals surface area contributed by atoms with Gasteiger partial charge in [-0.05, 0) is 27.7 Å². The molecule has 5 heteroatoms. The number of hydrogen-bond donors (Lipinski definition) is 1. The molecule has 90 valence electrons. The third kappa shape index (κ3) is 2.83. The zero-order chi connectivity index (χ0) is 12.3. The van der Waals surface area contributed by atoms with Crippen molar-refractivity contribution in [2.75, 3.05) is 18.1 Å². The lowest BCUT2D eigenvalue weighted by Crippen LogP contribution is -2.35. The van der Waals surface area contributed by atoms with Crippen molar-refractivity contribution in [2.24, 2.45) is 0 Å². The summed E-state index contributed by atoms with van der Waals surface area (Å²) in [4.78, 5) is 10.5. The van der Waals surface area contributed by atoms with E-state index in [1.165, 1.54) is 0 Å². The van der Waals surface area contributed by atoms with Crippen LogP contribution in [0.25, 0.3) is 0 Å². The minimum absolute atomic E-state index is 0.0955. The van der Waals surface area contributed by atoms with Crippen LogP contribution in [0.4, 0.5) is 5.82 Å². The van der Waals surface area contributed by atoms with Crippen molar-refractivity contribution in [3.8, 4) is 0 Å². The van der Waals surface area contributed by atoms with Crippen molar-refractivity contribution < 1.29 is 5.11 Å². The number of aromatic nitrogens is 2. The Morgan fingerprint density at radius 3 is 2.44 bits per heavy atom. The largest absolute Gasteiger partial charge is 0.395 e. The maximum Gasteiger partial charge on any atom is 0.137 e. The molecule has 0 bridgehead atoms. The summed E-state index contributed by atoms with van der Waals surface area (Å²) in [6, 6.07) is 0.260. The van der Waals surface area contributed by atoms with E-state index in [9.17, 15) is 0 Å². The molecule has 1 rings (SSSR count). The van der Waals surface area contributed by atoms with Crippen LogP contribution in [0.3, 0.4) is 0 Å². The Kier molecular flexibility index (Phi) is 4.50. The van der Waals surface area contributed by atoms with Crippen LogP contribution in [0.2, 0.25) is 5.15 Å². The summed E-state index contributed by atoms with van der Waals surface area (Å²) < 4.78 is 0. The van der Waals surface area contributed by atoms with E-state index in [2.05, 4.69) is 23.8 Å². The SMILES string of the molecule is Cc1nc(Cl)c(C)c(N(CCO)C(C)C)n1. The van der Waals surface area contributed by atoms with E-state index in [1.807, 2.05) is 18.7 Å². The Hall–Kier alpha value is -0.870. The highest BCUT2D eigenvalue weighted by Gasteiger charge is 2.16. The first-order valence-corrected chi connectivity index (χ1v) is 5.73. The number of aryl methyl sites for hydroxylation is 1. The Balaban J connectivity index is 3.17. The molecular formula is C11H18ClN3O. The third-order valence-electron chi connectivity index (χ3n) is 2.41. The van der Waals surface area contributed by atoms with Gasteiger partial charge in [0.05, 0.1) is 6.61 Å². The predicted molar refractivity (Wildman–Crippen MR) is 66.1 cm³/mol. The first kappa shape index (κ1) is 13.2. The number of hydrogen-bond acceptors (Lipinski definition) is 4. The zero-order valence-electron chi connectivity index (χ0n) is 10.2. The monoisotopic (exact) mass is 243 g/mol. The van der Waals surface area contributed by atoms with Crippen LogP contribution in [-0.4, -0.2) is 34.3 Å². The van der Waals surface area contributed by atoms with E-state index >= 15 is 0 Å². The Bertz CT molecular complexity index is 368. The standard InChI is InChI=1S/C11H18ClN3O/c1-7(2)15(5-6-16)11-8(3)10(12)13-9(4)14-11/h7,16H,5-6H2,1-4H3. The molecule has 16 heavy (non-hydrogen) atoms. The molecule has 0 saturated carbocycles. The smallest absolute Gasteiger partial charge is 0.137 e. The van der Waals surface area contributed by atoms with Crippen molar-refractivity contribution in [1.82, 2.24) is 9.97 Å². The summed E-state index contributed by atoms with van der Waals surface area (Å²) in [5, 5.41) is 9.54. The van der Waals surface area contributed by atoms with Gasteiger partial charge in [-0.1, -0.05) is 11.6 Å². The summed E-state index contributed by atoms with van der Waals surface area (Å²) >= 11 is 6.03. The van der Waals surface area contributed by atoms with Crippen molar-refractivity contribution >= 4 is 17.4 Å². The Morgan fingerprint density at radius 2 is 1.94 bits per heavy atom. The van der Waals surface area contributed by atoms with Crippen molar-refractivity contribution in [3.05, 3.63) is 16.5 Å². The van der Waals surface area contributed by atoms with E-state index in [-0.39, 0.29) is 12.6 Å². The highest BCUT2D eigenvalue weighted by atomic mass is 35.5. The van der Waals surface area contributed by atoms with Crippen LogP contribution in [0.1, 0.15) is 25.2 Å². The molecule has 0 atom stereocenters. The van der Waals surface area contributed by atoms with Crippen LogP contribution >= 0.6 is 11.6 Å². The van der Waals surface area contributed by atoms with E-state index in [0.717, 1.165) is 11.4 Å². The van der Waals surface area contributed by atoms with Crippen molar-refractivity contribution in [3.63, 3.8) is 0 Å². The molecule has 0 amide bonds. The summed E-state index contributed by atoms with van der Waals surface area (Å²) in [5.74, 6) is 1.45. The quantitative estimate of drug-likeness (QED) is 0.822. The molecule has 1 aromatic rings. The highest BCUT2D eigenvalue weighted by molar-refractivity contribution is 6.30. The van der Waals surface area contributed by atoms with Crippen LogP contribution in [0, 0.1) is 13.8 Å². The van der Waals surface area contributed by atoms with Crippen molar-refractivity contribution in [2.45, 2.75) is 33.7 Å². The second-order valence-corrected chi connectivity index (χ2v) is 4.38. The van der Waals surface area contributed by atoms with Gasteiger partial charge in [0.25, 0.3) is 0 Å². The van der Waals surface area contributed by atoms with Crippen LogP contribution in [0.15, 0.2) is 0 Å². The third-order valence-corrected chi connectivity index (χ3v) is 2.78. The number of aliphatic hydroxyl groups excluding tert-OH is 1. The molecular weight excluding hydrogens is 226 g/mol. The molecule has 0 aromatic carbocycles. The Morgan fingerprint density at radius 1 is 1.31 bits per heavy atom. The number of anilines is 1. The molecule has 0 spiro atoms. The fourth-order valence-electron chi connectivity index (χ4n) is 1.58. The number of halogens is 1. The summed E-state index contributed by atoms with van der Waals surface area (Å²) in [6.45, 7) is 8.46. The minimum atomic E-state index is 0.0955. The number of rotatable bonds is 4. The highest BCUT2D eigenvalue weighted by Crippen LogP contribution is 2.24. The predicted octanol–water partition coefficient (Wildman–Crippen LogP) is 1.95. The molecule has 4 nitrogen and oxygen atoms in total. The van der Waals surface area contributed by atoms with E-state index in [4.69, 9.17) is 16.7 Å². The number of nitrogens with zero attached hydrogens (tertiary/aromatic N) is 3. The van der Waals surface area contributed by atoms with E-state index in [0.29, 0.717) is 17.5 Å². The van der Waals surface area contributed by atoms with Gasteiger partial charge >= 0.3 is 0 Å². The summed E-state index contributed by atoms with van der Waals surface area (Å²) in [5.41, 5.74) is 0.856. The average Bonchev–Trinajstić information content (AvgIpc) is 2.20. The Labute approximate surface area is 101 Å². The van der Waals surface area contributed by atoms with Gasteiger partial charge in [0.2, 0.25) is 0 Å². The van der Waals surface area contributed by atoms with Crippen LogP contribution in [-0.2, 0) is 0 Å². The second kappa shape index (κ2) is 5.46. The van der Waals surface area contributed by atoms with Gasteiger partial charge < -0.3 is 10.0 Å². The lowest BCUT2D eigenvalue weighted by Gasteiger charge is -2.28. The molecule has 1 heterocycles. The molecule has 0 aliphatic rings. The van der Waals surface area contributed by atoms with Gasteiger partial charge in [0.1, 0.15) is 16.8 Å². The normalized spacial score (nSPS) is 10.9. The maximum atomic E-state index is 9.06. The lowest BCUT2D eigenvalue weighted by atomic mass is 10.2. The van der Waals surface area contributed by atoms with Gasteiger partial charge in [0.15, 0.2) is 0 Å². The molecule has 0 radical (unpaired) electrons. The van der Waals surface area contributed by atoms with Gasteiger partial charge in [-0.3, -0.25) is 0 Å². The lowest BCUT2D eigenvalue weighted by molar-refractivity contribution is 0.298. The molecule has 1 aromatic heterocycles. The first-order valence-electron chi connectivity index (χ1n) is 5.35. The van der Waals surface area contributed by atoms with Gasteiger partial charge in [-0.15, -0.1) is 0 Å². The molecule has 0 fully saturated rings. The first-order chi connectivity index (χ1) is 7.47. The maximum absolute atomic E-state index is 9.06. The van der Waals surface area contributed by atoms with Gasteiger partial charge in [-0.2, -0.15) is 0 Å². The fraction of sp³-hybridized carbons (Fsp3) is 0.636. The molecule has 1 N–H and O–H groups in total. The topological polar surface area (TPSA) is 49.2 Å². The number of aliphatic hydroxyl groups is 1. The van der Waals surface area contributed by atoms with Crippen molar-refractivity contribution in [1.29, 1.82) is 0 Å².